The number of nitrogens with one attached hydrogen (secondary N) is 1. The van der Waals surface area contributed by atoms with Gasteiger partial charge in [-0.3, -0.25) is 4.99 Å². The molecular formula is C16H26IN3. The minimum Gasteiger partial charge on any atom is -0.370 e. The third kappa shape index (κ3) is 4.11. The van der Waals surface area contributed by atoms with Gasteiger partial charge in [-0.2, -0.15) is 0 Å². The van der Waals surface area contributed by atoms with Gasteiger partial charge >= 0.3 is 0 Å². The molecule has 3 nitrogen and oxygen atoms in total. The molecule has 0 fully saturated rings. The molecule has 4 heteroatoms. The fraction of sp³-hybridized carbons (Fsp3) is 0.562. The maximum Gasteiger partial charge on any atom is 0.188 e. The topological polar surface area (TPSA) is 50.4 Å². The molecule has 112 valence electrons. The van der Waals surface area contributed by atoms with E-state index in [2.05, 4.69) is 48.4 Å². The maximum absolute atomic E-state index is 5.89. The van der Waals surface area contributed by atoms with E-state index in [1.807, 2.05) is 0 Å². The van der Waals surface area contributed by atoms with Gasteiger partial charge in [0.15, 0.2) is 5.96 Å². The zero-order chi connectivity index (χ0) is 13.7. The van der Waals surface area contributed by atoms with Crippen molar-refractivity contribution in [1.82, 2.24) is 5.32 Å². The molecule has 0 aliphatic heterocycles. The lowest BCUT2D eigenvalue weighted by Gasteiger charge is -2.34. The second-order valence-corrected chi connectivity index (χ2v) is 5.70. The highest BCUT2D eigenvalue weighted by Gasteiger charge is 2.31. The monoisotopic (exact) mass is 387 g/mol. The first kappa shape index (κ1) is 17.3. The predicted molar refractivity (Wildman–Crippen MR) is 96.9 cm³/mol. The van der Waals surface area contributed by atoms with Gasteiger partial charge < -0.3 is 11.1 Å². The molecule has 20 heavy (non-hydrogen) atoms. The van der Waals surface area contributed by atoms with Crippen LogP contribution in [0.4, 0.5) is 0 Å². The van der Waals surface area contributed by atoms with E-state index in [9.17, 15) is 0 Å². The van der Waals surface area contributed by atoms with Crippen molar-refractivity contribution in [3.8, 4) is 0 Å². The second kappa shape index (κ2) is 7.86. The summed E-state index contributed by atoms with van der Waals surface area (Å²) >= 11 is 0. The highest BCUT2D eigenvalue weighted by molar-refractivity contribution is 14.0. The minimum atomic E-state index is 0. The van der Waals surface area contributed by atoms with Crippen molar-refractivity contribution >= 4 is 29.9 Å². The molecular weight excluding hydrogens is 361 g/mol. The maximum atomic E-state index is 5.89. The van der Waals surface area contributed by atoms with E-state index in [1.54, 1.807) is 0 Å². The number of aliphatic imine (C=N–C) groups is 1. The van der Waals surface area contributed by atoms with Gasteiger partial charge in [-0.05, 0) is 36.8 Å². The molecule has 0 saturated carbocycles. The van der Waals surface area contributed by atoms with Crippen LogP contribution in [-0.2, 0) is 11.8 Å². The average Bonchev–Trinajstić information content (AvgIpc) is 2.44. The van der Waals surface area contributed by atoms with Crippen LogP contribution in [-0.4, -0.2) is 19.0 Å². The molecule has 2 rings (SSSR count). The first-order chi connectivity index (χ1) is 9.15. The Morgan fingerprint density at radius 3 is 2.90 bits per heavy atom. The van der Waals surface area contributed by atoms with Crippen molar-refractivity contribution in [2.24, 2.45) is 10.7 Å². The quantitative estimate of drug-likeness (QED) is 0.474. The summed E-state index contributed by atoms with van der Waals surface area (Å²) in [6, 6.07) is 8.75. The lowest BCUT2D eigenvalue weighted by Crippen LogP contribution is -2.36. The van der Waals surface area contributed by atoms with Crippen LogP contribution in [0.5, 0.6) is 0 Å². The standard InChI is InChI=1S/C16H25N3.HI/c1-3-11-18-15(17)19-12-16(2)10-6-8-13-7-4-5-9-14(13)16;/h4-5,7,9H,3,6,8,10-12H2,1-2H3,(H3,17,18,19);1H. The van der Waals surface area contributed by atoms with Gasteiger partial charge in [-0.25, -0.2) is 0 Å². The van der Waals surface area contributed by atoms with Crippen LogP contribution in [0.25, 0.3) is 0 Å². The van der Waals surface area contributed by atoms with E-state index in [0.717, 1.165) is 19.5 Å². The Labute approximate surface area is 139 Å². The summed E-state index contributed by atoms with van der Waals surface area (Å²) in [4.78, 5) is 4.54. The molecule has 0 aromatic heterocycles. The van der Waals surface area contributed by atoms with Gasteiger partial charge in [0.05, 0.1) is 6.54 Å². The number of aryl methyl sites for hydroxylation is 1. The number of rotatable bonds is 4. The van der Waals surface area contributed by atoms with Crippen LogP contribution in [0.2, 0.25) is 0 Å². The lowest BCUT2D eigenvalue weighted by molar-refractivity contribution is 0.404. The summed E-state index contributed by atoms with van der Waals surface area (Å²) < 4.78 is 0. The molecule has 0 amide bonds. The Kier molecular flexibility index (Phi) is 6.79. The van der Waals surface area contributed by atoms with E-state index in [1.165, 1.54) is 30.4 Å². The van der Waals surface area contributed by atoms with Crippen molar-refractivity contribution in [2.75, 3.05) is 13.1 Å². The van der Waals surface area contributed by atoms with Crippen LogP contribution >= 0.6 is 24.0 Å². The van der Waals surface area contributed by atoms with Gasteiger partial charge in [0, 0.05) is 12.0 Å². The van der Waals surface area contributed by atoms with Crippen molar-refractivity contribution < 1.29 is 0 Å². The molecule has 1 aromatic rings. The largest absolute Gasteiger partial charge is 0.370 e. The van der Waals surface area contributed by atoms with Crippen LogP contribution < -0.4 is 11.1 Å². The van der Waals surface area contributed by atoms with Gasteiger partial charge in [0.2, 0.25) is 0 Å². The van der Waals surface area contributed by atoms with Crippen LogP contribution in [0.3, 0.4) is 0 Å². The minimum absolute atomic E-state index is 0. The predicted octanol–water partition coefficient (Wildman–Crippen LogP) is 3.21. The van der Waals surface area contributed by atoms with E-state index >= 15 is 0 Å². The van der Waals surface area contributed by atoms with Gasteiger partial charge in [0.1, 0.15) is 0 Å². The SMILES string of the molecule is CCCNC(N)=NCC1(C)CCCc2ccccc21.I. The highest BCUT2D eigenvalue weighted by atomic mass is 127. The van der Waals surface area contributed by atoms with Crippen LogP contribution in [0, 0.1) is 0 Å². The molecule has 1 aliphatic carbocycles. The van der Waals surface area contributed by atoms with Crippen molar-refractivity contribution in [2.45, 2.75) is 44.9 Å². The van der Waals surface area contributed by atoms with E-state index < -0.39 is 0 Å². The number of halogens is 1. The average molecular weight is 387 g/mol. The first-order valence-electron chi connectivity index (χ1n) is 7.28. The zero-order valence-electron chi connectivity index (χ0n) is 12.5. The van der Waals surface area contributed by atoms with Crippen molar-refractivity contribution in [3.63, 3.8) is 0 Å². The van der Waals surface area contributed by atoms with Gasteiger partial charge in [0.25, 0.3) is 0 Å². The summed E-state index contributed by atoms with van der Waals surface area (Å²) in [5, 5.41) is 3.14. The highest BCUT2D eigenvalue weighted by Crippen LogP contribution is 2.37. The summed E-state index contributed by atoms with van der Waals surface area (Å²) in [7, 11) is 0. The third-order valence-electron chi connectivity index (χ3n) is 4.00. The van der Waals surface area contributed by atoms with Gasteiger partial charge in [-0.1, -0.05) is 38.1 Å². The molecule has 0 spiro atoms. The molecule has 3 N–H and O–H groups in total. The Morgan fingerprint density at radius 2 is 2.15 bits per heavy atom. The molecule has 1 aliphatic rings. The lowest BCUT2D eigenvalue weighted by atomic mass is 9.71. The molecule has 1 aromatic carbocycles. The fourth-order valence-electron chi connectivity index (χ4n) is 2.86. The normalized spacial score (nSPS) is 21.8. The van der Waals surface area contributed by atoms with E-state index in [4.69, 9.17) is 5.73 Å². The van der Waals surface area contributed by atoms with Gasteiger partial charge in [-0.15, -0.1) is 24.0 Å². The second-order valence-electron chi connectivity index (χ2n) is 5.70. The molecule has 0 saturated heterocycles. The summed E-state index contributed by atoms with van der Waals surface area (Å²) in [5.74, 6) is 0.575. The zero-order valence-corrected chi connectivity index (χ0v) is 14.8. The number of benzene rings is 1. The van der Waals surface area contributed by atoms with Crippen molar-refractivity contribution in [3.05, 3.63) is 35.4 Å². The number of guanidine groups is 1. The first-order valence-corrected chi connectivity index (χ1v) is 7.28. The molecule has 1 atom stereocenters. The number of fused-ring (bicyclic) bond motifs is 1. The van der Waals surface area contributed by atoms with E-state index in [0.29, 0.717) is 5.96 Å². The summed E-state index contributed by atoms with van der Waals surface area (Å²) in [6.07, 6.45) is 4.69. The number of hydrogen-bond donors (Lipinski definition) is 2. The Hall–Kier alpha value is -0.780. The molecule has 1 unspecified atom stereocenters. The number of nitrogens with zero attached hydrogens (tertiary/aromatic N) is 1. The molecule has 0 bridgehead atoms. The Bertz CT molecular complexity index is 459. The van der Waals surface area contributed by atoms with Crippen LogP contribution in [0.15, 0.2) is 29.3 Å². The van der Waals surface area contributed by atoms with Crippen LogP contribution in [0.1, 0.15) is 44.2 Å². The van der Waals surface area contributed by atoms with Crippen molar-refractivity contribution in [1.29, 1.82) is 0 Å². The smallest absolute Gasteiger partial charge is 0.188 e. The van der Waals surface area contributed by atoms with E-state index in [-0.39, 0.29) is 29.4 Å². The molecule has 0 radical (unpaired) electrons. The Balaban J connectivity index is 0.00000200. The fourth-order valence-corrected chi connectivity index (χ4v) is 2.86. The Morgan fingerprint density at radius 1 is 1.40 bits per heavy atom. The molecule has 0 heterocycles. The number of hydrogen-bond acceptors (Lipinski definition) is 1. The summed E-state index contributed by atoms with van der Waals surface area (Å²) in [5.41, 5.74) is 8.96. The third-order valence-corrected chi connectivity index (χ3v) is 4.00. The number of nitrogens with two attached hydrogens (primary N) is 1. The summed E-state index contributed by atoms with van der Waals surface area (Å²) in [6.45, 7) is 6.09.